The number of aromatic hydroxyl groups is 1. The largest absolute Gasteiger partial charge is 0.510 e. The number of nitrogens with two attached hydrogens (primary N) is 1. The fourth-order valence-corrected chi connectivity index (χ4v) is 6.72. The van der Waals surface area contributed by atoms with Gasteiger partial charge in [0.2, 0.25) is 11.7 Å². The van der Waals surface area contributed by atoms with E-state index in [0.717, 1.165) is 0 Å². The number of Topliss-reactive ketones (excluding diaryl/α,β-unsaturated/α-hetero) is 2. The number of primary amides is 1. The molecular formula is C29H29Br2N3O8. The number of aliphatic hydroxyl groups excluding tert-OH is 2. The van der Waals surface area contributed by atoms with Crippen LogP contribution in [0.4, 0.5) is 5.69 Å². The summed E-state index contributed by atoms with van der Waals surface area (Å²) in [6, 6.07) is 10.8. The lowest BCUT2D eigenvalue weighted by Crippen LogP contribution is -2.63. The SMILES string of the molecule is Br.CN(C)[C@@H]1C(O)=C(C(N)=O)C(=O)C2(O)C(O)=C3C(=O)c4c(ccc(NC(=O)C(Br)c5ccccc5)c4O)CC3CC12. The van der Waals surface area contributed by atoms with Gasteiger partial charge in [-0.1, -0.05) is 52.3 Å². The average Bonchev–Trinajstić information content (AvgIpc) is 2.91. The number of amides is 2. The number of carbonyl (C=O) groups excluding carboxylic acids is 4. The van der Waals surface area contributed by atoms with Crippen LogP contribution in [0.5, 0.6) is 5.75 Å². The van der Waals surface area contributed by atoms with Crippen molar-refractivity contribution in [2.24, 2.45) is 17.6 Å². The maximum atomic E-state index is 13.8. The number of hydrogen-bond donors (Lipinski definition) is 6. The fourth-order valence-electron chi connectivity index (χ4n) is 6.30. The number of fused-ring (bicyclic) bond motifs is 3. The summed E-state index contributed by atoms with van der Waals surface area (Å²) in [6.07, 6.45) is 0.148. The predicted molar refractivity (Wildman–Crippen MR) is 161 cm³/mol. The Morgan fingerprint density at radius 1 is 1.10 bits per heavy atom. The molecule has 5 atom stereocenters. The Kier molecular flexibility index (Phi) is 8.44. The van der Waals surface area contributed by atoms with Crippen LogP contribution in [0.2, 0.25) is 0 Å². The molecule has 2 aromatic carbocycles. The zero-order chi connectivity index (χ0) is 30.0. The maximum Gasteiger partial charge on any atom is 0.255 e. The lowest BCUT2D eigenvalue weighted by Gasteiger charge is -2.50. The second-order valence-corrected chi connectivity index (χ2v) is 11.6. The first-order chi connectivity index (χ1) is 19.3. The summed E-state index contributed by atoms with van der Waals surface area (Å²) in [6.45, 7) is 0. The molecule has 2 aromatic rings. The predicted octanol–water partition coefficient (Wildman–Crippen LogP) is 2.77. The Bertz CT molecular complexity index is 1570. The van der Waals surface area contributed by atoms with E-state index in [-0.39, 0.29) is 46.6 Å². The number of rotatable bonds is 5. The number of alkyl halides is 1. The van der Waals surface area contributed by atoms with Crippen LogP contribution in [-0.2, 0) is 20.8 Å². The minimum absolute atomic E-state index is 0. The molecule has 0 fully saturated rings. The number of ketones is 2. The van der Waals surface area contributed by atoms with Crippen molar-refractivity contribution in [3.63, 3.8) is 0 Å². The molecule has 4 unspecified atom stereocenters. The molecular weight excluding hydrogens is 678 g/mol. The Hall–Kier alpha value is -3.52. The van der Waals surface area contributed by atoms with E-state index in [4.69, 9.17) is 5.73 Å². The highest BCUT2D eigenvalue weighted by Gasteiger charge is 2.63. The van der Waals surface area contributed by atoms with Crippen molar-refractivity contribution in [3.8, 4) is 5.75 Å². The molecule has 2 amide bonds. The Balaban J connectivity index is 0.00000405. The quantitative estimate of drug-likeness (QED) is 0.154. The van der Waals surface area contributed by atoms with Gasteiger partial charge < -0.3 is 31.5 Å². The van der Waals surface area contributed by atoms with Crippen LogP contribution < -0.4 is 11.1 Å². The van der Waals surface area contributed by atoms with Gasteiger partial charge in [0.15, 0.2) is 17.1 Å². The first kappa shape index (κ1) is 31.4. The highest BCUT2D eigenvalue weighted by atomic mass is 79.9. The number of carbonyl (C=O) groups is 4. The van der Waals surface area contributed by atoms with Gasteiger partial charge in [-0.05, 0) is 50.0 Å². The molecule has 3 aliphatic rings. The number of nitrogens with one attached hydrogen (secondary N) is 1. The van der Waals surface area contributed by atoms with Gasteiger partial charge in [0.05, 0.1) is 17.3 Å². The van der Waals surface area contributed by atoms with Crippen molar-refractivity contribution < 1.29 is 39.6 Å². The third-order valence-electron chi connectivity index (χ3n) is 8.18. The van der Waals surface area contributed by atoms with Crippen molar-refractivity contribution in [1.29, 1.82) is 0 Å². The number of phenols is 1. The van der Waals surface area contributed by atoms with Crippen molar-refractivity contribution in [2.75, 3.05) is 19.4 Å². The highest BCUT2D eigenvalue weighted by molar-refractivity contribution is 9.09. The molecule has 0 saturated heterocycles. The average molecular weight is 707 g/mol. The number of anilines is 1. The number of likely N-dealkylation sites (N-methyl/N-ethyl adjacent to an activating group) is 1. The standard InChI is InChI=1S/C29H28BrN3O8.BrH/c1-33(2)21-15-11-14-10-13-8-9-16(32-28(40)20(30)12-6-4-3-5-7-12)22(34)17(13)23(35)18(14)25(37)29(15,41)26(38)19(24(21)36)27(31)39;/h3-9,14-15,20-21,34,36-37,41H,10-11H2,1-2H3,(H2,31,39)(H,32,40);1H/t14?,15?,20?,21-,29?;/m0./s1. The van der Waals surface area contributed by atoms with Gasteiger partial charge in [-0.2, -0.15) is 0 Å². The molecule has 0 saturated carbocycles. The van der Waals surface area contributed by atoms with E-state index in [1.54, 1.807) is 50.5 Å². The summed E-state index contributed by atoms with van der Waals surface area (Å²) in [4.78, 5) is 52.9. The molecule has 11 nitrogen and oxygen atoms in total. The number of phenolic OH excluding ortho intramolecular Hbond substituents is 1. The normalized spacial score (nSPS) is 25.7. The number of allylic oxidation sites excluding steroid dienone is 1. The van der Waals surface area contributed by atoms with Crippen LogP contribution >= 0.6 is 32.9 Å². The van der Waals surface area contributed by atoms with Crippen molar-refractivity contribution in [1.82, 2.24) is 4.90 Å². The van der Waals surface area contributed by atoms with Crippen molar-refractivity contribution >= 4 is 62.0 Å². The molecule has 0 aromatic heterocycles. The molecule has 0 heterocycles. The lowest BCUT2D eigenvalue weighted by atomic mass is 9.58. The minimum Gasteiger partial charge on any atom is -0.510 e. The first-order valence-electron chi connectivity index (χ1n) is 12.8. The zero-order valence-electron chi connectivity index (χ0n) is 22.5. The van der Waals surface area contributed by atoms with E-state index in [0.29, 0.717) is 11.1 Å². The van der Waals surface area contributed by atoms with Gasteiger partial charge in [-0.15, -0.1) is 17.0 Å². The number of nitrogens with zero attached hydrogens (tertiary/aromatic N) is 1. The van der Waals surface area contributed by atoms with E-state index in [2.05, 4.69) is 21.2 Å². The fraction of sp³-hybridized carbons (Fsp3) is 0.310. The summed E-state index contributed by atoms with van der Waals surface area (Å²) in [7, 11) is 3.13. The molecule has 0 spiro atoms. The van der Waals surface area contributed by atoms with Crippen LogP contribution in [0.1, 0.15) is 32.7 Å². The van der Waals surface area contributed by atoms with E-state index >= 15 is 0 Å². The van der Waals surface area contributed by atoms with Gasteiger partial charge in [0, 0.05) is 11.5 Å². The molecule has 222 valence electrons. The van der Waals surface area contributed by atoms with Crippen molar-refractivity contribution in [2.45, 2.75) is 29.3 Å². The summed E-state index contributed by atoms with van der Waals surface area (Å²) in [5.74, 6) is -7.81. The third kappa shape index (κ3) is 4.64. The Morgan fingerprint density at radius 2 is 1.74 bits per heavy atom. The van der Waals surface area contributed by atoms with Gasteiger partial charge in [-0.3, -0.25) is 24.1 Å². The summed E-state index contributed by atoms with van der Waals surface area (Å²) in [5, 5.41) is 47.6. The van der Waals surface area contributed by atoms with E-state index in [1.807, 2.05) is 0 Å². The molecule has 13 heteroatoms. The second-order valence-electron chi connectivity index (χ2n) is 10.7. The van der Waals surface area contributed by atoms with Gasteiger partial charge in [0.25, 0.3) is 5.91 Å². The monoisotopic (exact) mass is 705 g/mol. The molecule has 3 aliphatic carbocycles. The highest BCUT2D eigenvalue weighted by Crippen LogP contribution is 2.52. The van der Waals surface area contributed by atoms with Crippen LogP contribution in [-0.4, -0.2) is 74.4 Å². The number of hydrogen-bond acceptors (Lipinski definition) is 9. The van der Waals surface area contributed by atoms with Gasteiger partial charge in [0.1, 0.15) is 21.9 Å². The van der Waals surface area contributed by atoms with Gasteiger partial charge in [-0.25, -0.2) is 0 Å². The summed E-state index contributed by atoms with van der Waals surface area (Å²) >= 11 is 3.33. The molecule has 42 heavy (non-hydrogen) atoms. The Morgan fingerprint density at radius 3 is 2.33 bits per heavy atom. The van der Waals surface area contributed by atoms with Crippen LogP contribution in [0.15, 0.2) is 65.1 Å². The van der Waals surface area contributed by atoms with Crippen LogP contribution in [0, 0.1) is 11.8 Å². The lowest BCUT2D eigenvalue weighted by molar-refractivity contribution is -0.148. The number of benzene rings is 2. The molecule has 0 aliphatic heterocycles. The molecule has 7 N–H and O–H groups in total. The van der Waals surface area contributed by atoms with Crippen molar-refractivity contribution in [3.05, 3.63) is 81.8 Å². The van der Waals surface area contributed by atoms with E-state index in [9.17, 15) is 39.6 Å². The van der Waals surface area contributed by atoms with E-state index < -0.39 is 74.5 Å². The number of aliphatic hydroxyl groups is 3. The second kappa shape index (κ2) is 11.3. The third-order valence-corrected chi connectivity index (χ3v) is 9.12. The molecule has 0 bridgehead atoms. The molecule has 0 radical (unpaired) electrons. The van der Waals surface area contributed by atoms with Crippen LogP contribution in [0.25, 0.3) is 0 Å². The Labute approximate surface area is 259 Å². The summed E-state index contributed by atoms with van der Waals surface area (Å²) in [5.41, 5.74) is 2.38. The molecule has 5 rings (SSSR count). The first-order valence-corrected chi connectivity index (χ1v) is 13.7. The zero-order valence-corrected chi connectivity index (χ0v) is 25.8. The smallest absolute Gasteiger partial charge is 0.255 e. The van der Waals surface area contributed by atoms with Gasteiger partial charge >= 0.3 is 0 Å². The summed E-state index contributed by atoms with van der Waals surface area (Å²) < 4.78 is 0. The number of halogens is 2. The van der Waals surface area contributed by atoms with Crippen LogP contribution in [0.3, 0.4) is 0 Å². The minimum atomic E-state index is -2.72. The maximum absolute atomic E-state index is 13.8. The van der Waals surface area contributed by atoms with E-state index in [1.165, 1.54) is 11.0 Å². The topological polar surface area (TPSA) is 190 Å².